The molecule has 0 bridgehead atoms. The second-order valence-electron chi connectivity index (χ2n) is 7.51. The number of halogens is 1. The zero-order valence-electron chi connectivity index (χ0n) is 16.4. The molecule has 4 rings (SSSR count). The molecule has 0 fully saturated rings. The van der Waals surface area contributed by atoms with Crippen molar-refractivity contribution in [1.29, 1.82) is 0 Å². The number of benzene rings is 2. The summed E-state index contributed by atoms with van der Waals surface area (Å²) in [5.74, 6) is -0.0566. The number of carbonyl (C=O) groups is 1. The van der Waals surface area contributed by atoms with Crippen LogP contribution >= 0.6 is 11.6 Å². The van der Waals surface area contributed by atoms with Crippen LogP contribution in [0.3, 0.4) is 0 Å². The lowest BCUT2D eigenvalue weighted by molar-refractivity contribution is -0.122. The molecule has 5 nitrogen and oxygen atoms in total. The molecule has 1 aliphatic rings. The van der Waals surface area contributed by atoms with E-state index in [1.807, 2.05) is 41.3 Å². The average molecular weight is 410 g/mol. The molecular formula is C23H24ClN3O2. The van der Waals surface area contributed by atoms with Gasteiger partial charge in [0, 0.05) is 53.2 Å². The van der Waals surface area contributed by atoms with Gasteiger partial charge in [0.05, 0.1) is 6.54 Å². The molecule has 1 aromatic heterocycles. The van der Waals surface area contributed by atoms with Crippen LogP contribution in [0.4, 0.5) is 0 Å². The number of hydrogen-bond donors (Lipinski definition) is 2. The molecule has 0 saturated heterocycles. The number of carbonyl (C=O) groups excluding carboxylic acids is 1. The first-order valence-electron chi connectivity index (χ1n) is 9.93. The first-order chi connectivity index (χ1) is 14.0. The molecule has 1 amide bonds. The maximum absolute atomic E-state index is 13.1. The highest BCUT2D eigenvalue weighted by molar-refractivity contribution is 6.30. The lowest BCUT2D eigenvalue weighted by Gasteiger charge is -2.28. The third kappa shape index (κ3) is 4.36. The Morgan fingerprint density at radius 2 is 2.07 bits per heavy atom. The highest BCUT2D eigenvalue weighted by Gasteiger charge is 2.22. The summed E-state index contributed by atoms with van der Waals surface area (Å²) in [6.07, 6.45) is 1.63. The summed E-state index contributed by atoms with van der Waals surface area (Å²) < 4.78 is 0. The number of nitrogens with one attached hydrogen (secondary N) is 2. The van der Waals surface area contributed by atoms with E-state index in [0.29, 0.717) is 18.1 Å². The monoisotopic (exact) mass is 409 g/mol. The minimum Gasteiger partial charge on any atom is -0.358 e. The fourth-order valence-electron chi connectivity index (χ4n) is 3.84. The van der Waals surface area contributed by atoms with Gasteiger partial charge in [0.25, 0.3) is 0 Å². The summed E-state index contributed by atoms with van der Waals surface area (Å²) in [6.45, 7) is 4.02. The van der Waals surface area contributed by atoms with Gasteiger partial charge in [-0.15, -0.1) is 0 Å². The third-order valence-electron chi connectivity index (χ3n) is 5.47. The fraction of sp³-hybridized carbons (Fsp3) is 0.304. The van der Waals surface area contributed by atoms with Crippen LogP contribution in [0, 0.1) is 0 Å². The Morgan fingerprint density at radius 1 is 1.21 bits per heavy atom. The van der Waals surface area contributed by atoms with E-state index in [0.717, 1.165) is 52.7 Å². The number of aromatic amines is 1. The van der Waals surface area contributed by atoms with Gasteiger partial charge in [-0.2, -0.15) is 0 Å². The molecular weight excluding hydrogens is 386 g/mol. The number of amides is 1. The minimum absolute atomic E-state index is 0.0566. The zero-order chi connectivity index (χ0) is 20.4. The quantitative estimate of drug-likeness (QED) is 0.678. The lowest BCUT2D eigenvalue weighted by Crippen LogP contribution is -2.41. The number of nitrogens with zero attached hydrogens (tertiary/aromatic N) is 1. The molecule has 6 heteroatoms. The number of pyridine rings is 1. The van der Waals surface area contributed by atoms with E-state index in [1.165, 1.54) is 0 Å². The summed E-state index contributed by atoms with van der Waals surface area (Å²) >= 11 is 5.99. The van der Waals surface area contributed by atoms with E-state index in [1.54, 1.807) is 0 Å². The van der Waals surface area contributed by atoms with Crippen LogP contribution in [0.15, 0.2) is 47.3 Å². The number of hydrogen-bond acceptors (Lipinski definition) is 3. The smallest absolute Gasteiger partial charge is 0.234 e. The molecule has 2 aromatic carbocycles. The highest BCUT2D eigenvalue weighted by Crippen LogP contribution is 2.19. The first-order valence-corrected chi connectivity index (χ1v) is 10.3. The van der Waals surface area contributed by atoms with Crippen LogP contribution in [0.5, 0.6) is 0 Å². The SMILES string of the molecule is CCc1ccc2[nH]c3c(c(=O)c2c1)CN(CC(=O)NCc1cccc(Cl)c1)CC3. The Balaban J connectivity index is 1.45. The maximum atomic E-state index is 13.1. The van der Waals surface area contributed by atoms with Gasteiger partial charge in [-0.3, -0.25) is 14.5 Å². The number of fused-ring (bicyclic) bond motifs is 2. The van der Waals surface area contributed by atoms with E-state index in [-0.39, 0.29) is 17.9 Å². The first kappa shape index (κ1) is 19.7. The van der Waals surface area contributed by atoms with Gasteiger partial charge in [0.2, 0.25) is 5.91 Å². The predicted octanol–water partition coefficient (Wildman–Crippen LogP) is 3.42. The number of aryl methyl sites for hydroxylation is 1. The molecule has 0 saturated carbocycles. The van der Waals surface area contributed by atoms with Crippen LogP contribution in [0.1, 0.15) is 29.3 Å². The van der Waals surface area contributed by atoms with Gasteiger partial charge in [-0.25, -0.2) is 0 Å². The van der Waals surface area contributed by atoms with Crippen molar-refractivity contribution in [2.45, 2.75) is 32.9 Å². The van der Waals surface area contributed by atoms with Crippen molar-refractivity contribution < 1.29 is 4.79 Å². The predicted molar refractivity (Wildman–Crippen MR) is 116 cm³/mol. The molecule has 2 N–H and O–H groups in total. The molecule has 0 spiro atoms. The standard InChI is InChI=1S/C23H24ClN3O2/c1-2-15-6-7-20-18(11-15)23(29)19-13-27(9-8-21(19)26-20)14-22(28)25-12-16-4-3-5-17(24)10-16/h3-7,10-11H,2,8-9,12-14H2,1H3,(H,25,28)(H,26,29). The summed E-state index contributed by atoms with van der Waals surface area (Å²) in [7, 11) is 0. The second kappa shape index (κ2) is 8.39. The maximum Gasteiger partial charge on any atom is 0.234 e. The van der Waals surface area contributed by atoms with Crippen LogP contribution in [-0.4, -0.2) is 28.9 Å². The average Bonchev–Trinajstić information content (AvgIpc) is 2.73. The molecule has 0 unspecified atom stereocenters. The van der Waals surface area contributed by atoms with Gasteiger partial charge in [0.1, 0.15) is 0 Å². The van der Waals surface area contributed by atoms with Crippen LogP contribution in [0.25, 0.3) is 10.9 Å². The molecule has 3 aromatic rings. The molecule has 0 aliphatic carbocycles. The van der Waals surface area contributed by atoms with Gasteiger partial charge in [0.15, 0.2) is 5.43 Å². The molecule has 0 atom stereocenters. The zero-order valence-corrected chi connectivity index (χ0v) is 17.2. The summed E-state index contributed by atoms with van der Waals surface area (Å²) in [4.78, 5) is 30.9. The molecule has 0 radical (unpaired) electrons. The molecule has 1 aliphatic heterocycles. The van der Waals surface area contributed by atoms with Crippen molar-refractivity contribution in [2.75, 3.05) is 13.1 Å². The van der Waals surface area contributed by atoms with E-state index >= 15 is 0 Å². The summed E-state index contributed by atoms with van der Waals surface area (Å²) in [6, 6.07) is 13.5. The molecule has 29 heavy (non-hydrogen) atoms. The van der Waals surface area contributed by atoms with Crippen molar-refractivity contribution in [1.82, 2.24) is 15.2 Å². The van der Waals surface area contributed by atoms with Crippen LogP contribution < -0.4 is 10.7 Å². The Bertz CT molecular complexity index is 1120. The van der Waals surface area contributed by atoms with Gasteiger partial charge in [-0.05, 0) is 41.8 Å². The van der Waals surface area contributed by atoms with Crippen molar-refractivity contribution in [3.05, 3.63) is 80.1 Å². The van der Waals surface area contributed by atoms with Crippen LogP contribution in [0.2, 0.25) is 5.02 Å². The Hall–Kier alpha value is -2.63. The van der Waals surface area contributed by atoms with Gasteiger partial charge in [-0.1, -0.05) is 36.7 Å². The van der Waals surface area contributed by atoms with Crippen molar-refractivity contribution in [3.63, 3.8) is 0 Å². The summed E-state index contributed by atoms with van der Waals surface area (Å²) in [5, 5.41) is 4.32. The topological polar surface area (TPSA) is 65.2 Å². The normalized spacial score (nSPS) is 14.0. The lowest BCUT2D eigenvalue weighted by atomic mass is 10.0. The van der Waals surface area contributed by atoms with E-state index in [9.17, 15) is 9.59 Å². The van der Waals surface area contributed by atoms with E-state index < -0.39 is 0 Å². The summed E-state index contributed by atoms with van der Waals surface area (Å²) in [5.41, 5.74) is 4.84. The third-order valence-corrected chi connectivity index (χ3v) is 5.70. The number of aromatic nitrogens is 1. The van der Waals surface area contributed by atoms with E-state index in [2.05, 4.69) is 23.3 Å². The Morgan fingerprint density at radius 3 is 2.86 bits per heavy atom. The van der Waals surface area contributed by atoms with Crippen LogP contribution in [-0.2, 0) is 30.7 Å². The van der Waals surface area contributed by atoms with Crippen molar-refractivity contribution in [2.24, 2.45) is 0 Å². The number of rotatable bonds is 5. The second-order valence-corrected chi connectivity index (χ2v) is 7.95. The Kier molecular flexibility index (Phi) is 5.69. The van der Waals surface area contributed by atoms with Crippen molar-refractivity contribution >= 4 is 28.4 Å². The fourth-order valence-corrected chi connectivity index (χ4v) is 4.05. The van der Waals surface area contributed by atoms with E-state index in [4.69, 9.17) is 11.6 Å². The largest absolute Gasteiger partial charge is 0.358 e. The molecule has 2 heterocycles. The minimum atomic E-state index is -0.0566. The van der Waals surface area contributed by atoms with Crippen molar-refractivity contribution in [3.8, 4) is 0 Å². The number of H-pyrrole nitrogens is 1. The highest BCUT2D eigenvalue weighted by atomic mass is 35.5. The van der Waals surface area contributed by atoms with Gasteiger partial charge < -0.3 is 10.3 Å². The Labute approximate surface area is 174 Å². The molecule has 150 valence electrons. The van der Waals surface area contributed by atoms with Gasteiger partial charge >= 0.3 is 0 Å².